The van der Waals surface area contributed by atoms with Gasteiger partial charge in [-0.1, -0.05) is 19.1 Å². The summed E-state index contributed by atoms with van der Waals surface area (Å²) in [7, 11) is 0. The summed E-state index contributed by atoms with van der Waals surface area (Å²) < 4.78 is 0. The molecule has 0 saturated carbocycles. The van der Waals surface area contributed by atoms with Crippen molar-refractivity contribution >= 4 is 17.3 Å². The van der Waals surface area contributed by atoms with Crippen LogP contribution in [0.2, 0.25) is 0 Å². The summed E-state index contributed by atoms with van der Waals surface area (Å²) in [4.78, 5) is 21.9. The summed E-state index contributed by atoms with van der Waals surface area (Å²) in [5.41, 5.74) is 0.452. The van der Waals surface area contributed by atoms with Crippen molar-refractivity contribution in [2.24, 2.45) is 0 Å². The van der Waals surface area contributed by atoms with Gasteiger partial charge < -0.3 is 10.6 Å². The molecule has 0 spiro atoms. The predicted molar refractivity (Wildman–Crippen MR) is 74.1 cm³/mol. The van der Waals surface area contributed by atoms with Crippen LogP contribution in [0.5, 0.6) is 0 Å². The van der Waals surface area contributed by atoms with E-state index in [1.54, 1.807) is 18.2 Å². The number of nitro benzene ring substituents is 1. The molecule has 0 aromatic heterocycles. The summed E-state index contributed by atoms with van der Waals surface area (Å²) in [5.74, 6) is -0.0552. The molecule has 0 saturated heterocycles. The summed E-state index contributed by atoms with van der Waals surface area (Å²) in [5, 5.41) is 16.5. The maximum atomic E-state index is 11.5. The zero-order valence-corrected chi connectivity index (χ0v) is 11.2. The number of nitrogens with one attached hydrogen (secondary N) is 2. The molecule has 0 aliphatic rings. The second kappa shape index (κ2) is 7.35. The van der Waals surface area contributed by atoms with Crippen molar-refractivity contribution in [2.75, 3.05) is 11.9 Å². The van der Waals surface area contributed by atoms with Gasteiger partial charge in [0.1, 0.15) is 5.69 Å². The lowest BCUT2D eigenvalue weighted by Crippen LogP contribution is -2.32. The minimum absolute atomic E-state index is 0.0184. The molecule has 1 aromatic rings. The first-order valence-electron chi connectivity index (χ1n) is 6.31. The molecule has 1 aromatic carbocycles. The fraction of sp³-hybridized carbons (Fsp3) is 0.462. The van der Waals surface area contributed by atoms with Crippen molar-refractivity contribution in [3.8, 4) is 0 Å². The van der Waals surface area contributed by atoms with Gasteiger partial charge in [-0.15, -0.1) is 0 Å². The normalized spacial score (nSPS) is 11.7. The van der Waals surface area contributed by atoms with Gasteiger partial charge in [0, 0.05) is 25.1 Å². The van der Waals surface area contributed by atoms with Crippen molar-refractivity contribution in [1.82, 2.24) is 5.32 Å². The Morgan fingerprint density at radius 1 is 1.42 bits per heavy atom. The zero-order valence-electron chi connectivity index (χ0n) is 11.2. The summed E-state index contributed by atoms with van der Waals surface area (Å²) in [6, 6.07) is 6.54. The van der Waals surface area contributed by atoms with Gasteiger partial charge in [0.05, 0.1) is 4.92 Å². The number of nitrogens with zero attached hydrogens (tertiary/aromatic N) is 1. The second-order valence-electron chi connectivity index (χ2n) is 4.33. The van der Waals surface area contributed by atoms with Crippen molar-refractivity contribution in [2.45, 2.75) is 32.7 Å². The Labute approximate surface area is 112 Å². The third-order valence-corrected chi connectivity index (χ3v) is 2.79. The standard InChI is InChI=1S/C13H19N3O3/c1-3-10(2)15-13(17)8-9-14-11-6-4-5-7-12(11)16(18)19/h4-7,10,14H,3,8-9H2,1-2H3,(H,15,17). The third-order valence-electron chi connectivity index (χ3n) is 2.79. The Balaban J connectivity index is 2.45. The Hall–Kier alpha value is -2.11. The summed E-state index contributed by atoms with van der Waals surface area (Å²) in [6.07, 6.45) is 1.17. The molecule has 104 valence electrons. The van der Waals surface area contributed by atoms with Crippen LogP contribution in [0.15, 0.2) is 24.3 Å². The molecule has 6 nitrogen and oxygen atoms in total. The largest absolute Gasteiger partial charge is 0.379 e. The van der Waals surface area contributed by atoms with Crippen molar-refractivity contribution in [3.63, 3.8) is 0 Å². The van der Waals surface area contributed by atoms with Crippen molar-refractivity contribution in [3.05, 3.63) is 34.4 Å². The maximum absolute atomic E-state index is 11.5. The molecular formula is C13H19N3O3. The molecule has 1 unspecified atom stereocenters. The predicted octanol–water partition coefficient (Wildman–Crippen LogP) is 2.31. The highest BCUT2D eigenvalue weighted by molar-refractivity contribution is 5.77. The molecule has 0 radical (unpaired) electrons. The van der Waals surface area contributed by atoms with E-state index in [4.69, 9.17) is 0 Å². The number of carbonyl (C=O) groups excluding carboxylic acids is 1. The molecule has 1 amide bonds. The van der Waals surface area contributed by atoms with Crippen LogP contribution in [0.4, 0.5) is 11.4 Å². The highest BCUT2D eigenvalue weighted by Crippen LogP contribution is 2.22. The molecule has 1 rings (SSSR count). The number of anilines is 1. The fourth-order valence-corrected chi connectivity index (χ4v) is 1.54. The third kappa shape index (κ3) is 4.95. The van der Waals surface area contributed by atoms with E-state index in [1.807, 2.05) is 13.8 Å². The number of hydrogen-bond acceptors (Lipinski definition) is 4. The molecular weight excluding hydrogens is 246 g/mol. The minimum Gasteiger partial charge on any atom is -0.379 e. The fourth-order valence-electron chi connectivity index (χ4n) is 1.54. The van der Waals surface area contributed by atoms with E-state index in [-0.39, 0.29) is 24.1 Å². The summed E-state index contributed by atoms with van der Waals surface area (Å²) >= 11 is 0. The first-order chi connectivity index (χ1) is 9.04. The van der Waals surface area contributed by atoms with Crippen molar-refractivity contribution < 1.29 is 9.72 Å². The summed E-state index contributed by atoms with van der Waals surface area (Å²) in [6.45, 7) is 4.30. The van der Waals surface area contributed by atoms with Gasteiger partial charge in [-0.25, -0.2) is 0 Å². The molecule has 1 atom stereocenters. The van der Waals surface area contributed by atoms with Gasteiger partial charge in [0.25, 0.3) is 5.69 Å². The Morgan fingerprint density at radius 2 is 2.11 bits per heavy atom. The number of benzene rings is 1. The topological polar surface area (TPSA) is 84.3 Å². The van der Waals surface area contributed by atoms with Crippen LogP contribution in [0.25, 0.3) is 0 Å². The molecule has 0 bridgehead atoms. The number of rotatable bonds is 7. The lowest BCUT2D eigenvalue weighted by Gasteiger charge is -2.11. The monoisotopic (exact) mass is 265 g/mol. The average molecular weight is 265 g/mol. The maximum Gasteiger partial charge on any atom is 0.292 e. The number of carbonyl (C=O) groups is 1. The molecule has 0 aliphatic heterocycles. The Bertz CT molecular complexity index is 449. The van der Waals surface area contributed by atoms with Crippen LogP contribution in [0, 0.1) is 10.1 Å². The average Bonchev–Trinajstić information content (AvgIpc) is 2.38. The highest BCUT2D eigenvalue weighted by Gasteiger charge is 2.12. The SMILES string of the molecule is CCC(C)NC(=O)CCNc1ccccc1[N+](=O)[O-]. The molecule has 0 aliphatic carbocycles. The van der Waals surface area contributed by atoms with Gasteiger partial charge in [-0.05, 0) is 19.4 Å². The van der Waals surface area contributed by atoms with Crippen LogP contribution in [0.1, 0.15) is 26.7 Å². The van der Waals surface area contributed by atoms with Crippen molar-refractivity contribution in [1.29, 1.82) is 0 Å². The molecule has 2 N–H and O–H groups in total. The Morgan fingerprint density at radius 3 is 2.74 bits per heavy atom. The smallest absolute Gasteiger partial charge is 0.292 e. The van der Waals surface area contributed by atoms with E-state index in [9.17, 15) is 14.9 Å². The number of hydrogen-bond donors (Lipinski definition) is 2. The molecule has 0 fully saturated rings. The second-order valence-corrected chi connectivity index (χ2v) is 4.33. The van der Waals surface area contributed by atoms with E-state index in [0.29, 0.717) is 12.2 Å². The zero-order chi connectivity index (χ0) is 14.3. The molecule has 0 heterocycles. The van der Waals surface area contributed by atoms with Crippen LogP contribution < -0.4 is 10.6 Å². The number of nitro groups is 1. The number of para-hydroxylation sites is 2. The van der Waals surface area contributed by atoms with Gasteiger partial charge in [-0.3, -0.25) is 14.9 Å². The molecule has 19 heavy (non-hydrogen) atoms. The van der Waals surface area contributed by atoms with Crippen LogP contribution >= 0.6 is 0 Å². The quantitative estimate of drug-likeness (QED) is 0.585. The van der Waals surface area contributed by atoms with Crippen LogP contribution in [-0.4, -0.2) is 23.4 Å². The lowest BCUT2D eigenvalue weighted by atomic mass is 10.2. The van der Waals surface area contributed by atoms with E-state index in [2.05, 4.69) is 10.6 Å². The van der Waals surface area contributed by atoms with Gasteiger partial charge in [-0.2, -0.15) is 0 Å². The van der Waals surface area contributed by atoms with E-state index in [0.717, 1.165) is 6.42 Å². The van der Waals surface area contributed by atoms with E-state index in [1.165, 1.54) is 6.07 Å². The minimum atomic E-state index is -0.443. The van der Waals surface area contributed by atoms with Crippen LogP contribution in [-0.2, 0) is 4.79 Å². The van der Waals surface area contributed by atoms with E-state index < -0.39 is 4.92 Å². The van der Waals surface area contributed by atoms with Gasteiger partial charge >= 0.3 is 0 Å². The number of amides is 1. The first-order valence-corrected chi connectivity index (χ1v) is 6.31. The first kappa shape index (κ1) is 14.9. The highest BCUT2D eigenvalue weighted by atomic mass is 16.6. The molecule has 6 heteroatoms. The lowest BCUT2D eigenvalue weighted by molar-refractivity contribution is -0.384. The van der Waals surface area contributed by atoms with E-state index >= 15 is 0 Å². The Kier molecular flexibility index (Phi) is 5.78. The van der Waals surface area contributed by atoms with Gasteiger partial charge in [0.15, 0.2) is 0 Å². The van der Waals surface area contributed by atoms with Crippen LogP contribution in [0.3, 0.4) is 0 Å². The van der Waals surface area contributed by atoms with Gasteiger partial charge in [0.2, 0.25) is 5.91 Å².